The molecule has 1 aliphatic heterocycles. The zero-order chi connectivity index (χ0) is 10.8. The van der Waals surface area contributed by atoms with Crippen molar-refractivity contribution in [1.29, 1.82) is 0 Å². The summed E-state index contributed by atoms with van der Waals surface area (Å²) in [6.45, 7) is 0.276. The van der Waals surface area contributed by atoms with Crippen LogP contribution in [0.1, 0.15) is 11.6 Å². The molecule has 1 atom stereocenters. The Hall–Kier alpha value is -2.04. The van der Waals surface area contributed by atoms with Gasteiger partial charge in [0.2, 0.25) is 0 Å². The average molecular weight is 207 g/mol. The first-order valence-corrected chi connectivity index (χ1v) is 4.44. The van der Waals surface area contributed by atoms with Gasteiger partial charge in [0, 0.05) is 5.56 Å². The predicted octanol–water partition coefficient (Wildman–Crippen LogP) is 0.321. The lowest BCUT2D eigenvalue weighted by molar-refractivity contribution is -0.150. The Balaban J connectivity index is 2.14. The minimum atomic E-state index is -1.49. The Morgan fingerprint density at radius 2 is 2.13 bits per heavy atom. The number of amides is 1. The molecule has 0 radical (unpaired) electrons. The summed E-state index contributed by atoms with van der Waals surface area (Å²) in [6.07, 6.45) is 0. The molecule has 2 rings (SSSR count). The van der Waals surface area contributed by atoms with Crippen molar-refractivity contribution in [1.82, 2.24) is 5.32 Å². The monoisotopic (exact) mass is 207 g/mol. The summed E-state index contributed by atoms with van der Waals surface area (Å²) in [5, 5.41) is 10.8. The smallest absolute Gasteiger partial charge is 0.394 e. The van der Waals surface area contributed by atoms with Crippen molar-refractivity contribution in [3.05, 3.63) is 29.8 Å². The van der Waals surface area contributed by atoms with Crippen molar-refractivity contribution in [2.24, 2.45) is 0 Å². The highest BCUT2D eigenvalue weighted by atomic mass is 16.5. The number of hydrogen-bond acceptors (Lipinski definition) is 3. The molecule has 1 heterocycles. The molecule has 78 valence electrons. The van der Waals surface area contributed by atoms with Gasteiger partial charge < -0.3 is 15.2 Å². The second kappa shape index (κ2) is 3.61. The van der Waals surface area contributed by atoms with Crippen molar-refractivity contribution in [3.63, 3.8) is 0 Å². The molecule has 0 spiro atoms. The van der Waals surface area contributed by atoms with Crippen LogP contribution < -0.4 is 10.1 Å². The van der Waals surface area contributed by atoms with Crippen LogP contribution in [0.2, 0.25) is 0 Å². The third kappa shape index (κ3) is 1.76. The van der Waals surface area contributed by atoms with Crippen molar-refractivity contribution in [2.75, 3.05) is 6.61 Å². The Kier molecular flexibility index (Phi) is 2.29. The number of fused-ring (bicyclic) bond motifs is 1. The normalized spacial score (nSPS) is 17.7. The maximum Gasteiger partial charge on any atom is 0.394 e. The maximum atomic E-state index is 10.9. The topological polar surface area (TPSA) is 75.6 Å². The molecule has 0 saturated heterocycles. The van der Waals surface area contributed by atoms with E-state index in [2.05, 4.69) is 5.32 Å². The Labute approximate surface area is 85.7 Å². The van der Waals surface area contributed by atoms with Crippen LogP contribution in [-0.4, -0.2) is 23.6 Å². The van der Waals surface area contributed by atoms with Gasteiger partial charge in [-0.2, -0.15) is 0 Å². The highest BCUT2D eigenvalue weighted by molar-refractivity contribution is 6.31. The molecular weight excluding hydrogens is 198 g/mol. The molecule has 0 fully saturated rings. The highest BCUT2D eigenvalue weighted by Gasteiger charge is 2.26. The van der Waals surface area contributed by atoms with Crippen LogP contribution in [-0.2, 0) is 9.59 Å². The molecule has 1 aliphatic rings. The molecular formula is C10H9NO4. The number of carboxylic acids is 1. The van der Waals surface area contributed by atoms with Crippen LogP contribution in [0.4, 0.5) is 0 Å². The van der Waals surface area contributed by atoms with Gasteiger partial charge in [-0.1, -0.05) is 18.2 Å². The van der Waals surface area contributed by atoms with Crippen LogP contribution in [0.3, 0.4) is 0 Å². The minimum Gasteiger partial charge on any atom is -0.491 e. The summed E-state index contributed by atoms with van der Waals surface area (Å²) >= 11 is 0. The summed E-state index contributed by atoms with van der Waals surface area (Å²) in [5.74, 6) is -1.81. The zero-order valence-electron chi connectivity index (χ0n) is 7.77. The largest absolute Gasteiger partial charge is 0.491 e. The Morgan fingerprint density at radius 1 is 1.40 bits per heavy atom. The first-order chi connectivity index (χ1) is 7.18. The van der Waals surface area contributed by atoms with Gasteiger partial charge in [-0.05, 0) is 6.07 Å². The lowest BCUT2D eigenvalue weighted by atomic mass is 10.1. The van der Waals surface area contributed by atoms with Crippen LogP contribution in [0, 0.1) is 0 Å². The lowest BCUT2D eigenvalue weighted by Gasteiger charge is -2.08. The molecule has 5 nitrogen and oxygen atoms in total. The van der Waals surface area contributed by atoms with Crippen LogP contribution in [0.15, 0.2) is 24.3 Å². The molecule has 1 aromatic carbocycles. The molecule has 0 aliphatic carbocycles. The van der Waals surface area contributed by atoms with Crippen molar-refractivity contribution in [2.45, 2.75) is 6.04 Å². The second-order valence-corrected chi connectivity index (χ2v) is 3.18. The van der Waals surface area contributed by atoms with E-state index in [4.69, 9.17) is 9.84 Å². The summed E-state index contributed by atoms with van der Waals surface area (Å²) < 4.78 is 5.28. The quantitative estimate of drug-likeness (QED) is 0.650. The van der Waals surface area contributed by atoms with Crippen LogP contribution in [0.25, 0.3) is 0 Å². The Bertz CT molecular complexity index is 416. The minimum absolute atomic E-state index is 0.276. The molecule has 0 saturated carbocycles. The number of carbonyl (C=O) groups is 2. The highest BCUT2D eigenvalue weighted by Crippen LogP contribution is 2.31. The van der Waals surface area contributed by atoms with Crippen molar-refractivity contribution >= 4 is 11.9 Å². The van der Waals surface area contributed by atoms with Gasteiger partial charge >= 0.3 is 11.9 Å². The van der Waals surface area contributed by atoms with Gasteiger partial charge in [-0.25, -0.2) is 4.79 Å². The number of ether oxygens (including phenoxy) is 1. The van der Waals surface area contributed by atoms with Crippen LogP contribution in [0.5, 0.6) is 5.75 Å². The standard InChI is InChI=1S/C10H9NO4/c12-9(10(13)14)11-7-5-15-8-4-2-1-3-6(7)8/h1-4,7H,5H2,(H,11,12)(H,13,14). The molecule has 1 aromatic rings. The number of carboxylic acid groups (broad SMARTS) is 1. The van der Waals surface area contributed by atoms with E-state index >= 15 is 0 Å². The van der Waals surface area contributed by atoms with Gasteiger partial charge in [-0.15, -0.1) is 0 Å². The molecule has 2 N–H and O–H groups in total. The number of rotatable bonds is 1. The number of nitrogens with one attached hydrogen (secondary N) is 1. The third-order valence-electron chi connectivity index (χ3n) is 2.20. The number of hydrogen-bond donors (Lipinski definition) is 2. The maximum absolute atomic E-state index is 10.9. The summed E-state index contributed by atoms with van der Waals surface area (Å²) in [6, 6.07) is 6.84. The second-order valence-electron chi connectivity index (χ2n) is 3.18. The number of benzene rings is 1. The number of para-hydroxylation sites is 1. The summed E-state index contributed by atoms with van der Waals surface area (Å²) in [7, 11) is 0. The fourth-order valence-electron chi connectivity index (χ4n) is 1.50. The van der Waals surface area contributed by atoms with Gasteiger partial charge in [-0.3, -0.25) is 4.79 Å². The fraction of sp³-hybridized carbons (Fsp3) is 0.200. The van der Waals surface area contributed by atoms with Crippen molar-refractivity contribution < 1.29 is 19.4 Å². The summed E-state index contributed by atoms with van der Waals surface area (Å²) in [4.78, 5) is 21.3. The van der Waals surface area contributed by atoms with Gasteiger partial charge in [0.1, 0.15) is 12.4 Å². The molecule has 1 amide bonds. The van der Waals surface area contributed by atoms with Gasteiger partial charge in [0.25, 0.3) is 0 Å². The van der Waals surface area contributed by atoms with Crippen LogP contribution >= 0.6 is 0 Å². The van der Waals surface area contributed by atoms with E-state index in [1.54, 1.807) is 12.1 Å². The predicted molar refractivity (Wildman–Crippen MR) is 50.5 cm³/mol. The van der Waals surface area contributed by atoms with E-state index in [1.165, 1.54) is 0 Å². The molecule has 15 heavy (non-hydrogen) atoms. The molecule has 1 unspecified atom stereocenters. The SMILES string of the molecule is O=C(O)C(=O)NC1COc2ccccc21. The summed E-state index contributed by atoms with van der Waals surface area (Å²) in [5.41, 5.74) is 0.812. The number of aliphatic carboxylic acids is 1. The van der Waals surface area contributed by atoms with E-state index in [0.29, 0.717) is 5.75 Å². The number of carbonyl (C=O) groups excluding carboxylic acids is 1. The van der Waals surface area contributed by atoms with E-state index in [-0.39, 0.29) is 12.6 Å². The molecule has 0 aromatic heterocycles. The van der Waals surface area contributed by atoms with Crippen molar-refractivity contribution in [3.8, 4) is 5.75 Å². The lowest BCUT2D eigenvalue weighted by Crippen LogP contribution is -2.34. The molecule has 0 bridgehead atoms. The first kappa shape index (κ1) is 9.51. The van der Waals surface area contributed by atoms with Gasteiger partial charge in [0.05, 0.1) is 6.04 Å². The molecule has 5 heteroatoms. The van der Waals surface area contributed by atoms with E-state index in [1.807, 2.05) is 12.1 Å². The van der Waals surface area contributed by atoms with E-state index in [0.717, 1.165) is 5.56 Å². The van der Waals surface area contributed by atoms with E-state index in [9.17, 15) is 9.59 Å². The zero-order valence-corrected chi connectivity index (χ0v) is 7.77. The Morgan fingerprint density at radius 3 is 2.87 bits per heavy atom. The third-order valence-corrected chi connectivity index (χ3v) is 2.20. The first-order valence-electron chi connectivity index (χ1n) is 4.44. The van der Waals surface area contributed by atoms with E-state index < -0.39 is 11.9 Å². The fourth-order valence-corrected chi connectivity index (χ4v) is 1.50. The average Bonchev–Trinajstić information content (AvgIpc) is 2.62. The van der Waals surface area contributed by atoms with Gasteiger partial charge in [0.15, 0.2) is 0 Å².